The molecule has 14 atom stereocenters. The van der Waals surface area contributed by atoms with Gasteiger partial charge in [0.2, 0.25) is 0 Å². The third-order valence-corrected chi connectivity index (χ3v) is 12.4. The molecule has 0 aromatic heterocycles. The molecular formula is C28H38O4. The Balaban J connectivity index is 1.10. The molecule has 174 valence electrons. The normalized spacial score (nSPS) is 59.6. The van der Waals surface area contributed by atoms with Crippen molar-refractivity contribution in [2.75, 3.05) is 0 Å². The van der Waals surface area contributed by atoms with Gasteiger partial charge >= 0.3 is 11.9 Å². The van der Waals surface area contributed by atoms with Gasteiger partial charge in [0, 0.05) is 24.7 Å². The number of esters is 2. The molecule has 8 rings (SSSR count). The Morgan fingerprint density at radius 1 is 0.469 bits per heavy atom. The monoisotopic (exact) mass is 438 g/mol. The molecule has 0 unspecified atom stereocenters. The van der Waals surface area contributed by atoms with Crippen molar-refractivity contribution < 1.29 is 19.1 Å². The average molecular weight is 439 g/mol. The first-order valence-corrected chi connectivity index (χ1v) is 14.1. The van der Waals surface area contributed by atoms with E-state index in [1.165, 1.54) is 25.7 Å². The molecule has 0 aromatic rings. The number of rotatable bonds is 0. The van der Waals surface area contributed by atoms with Gasteiger partial charge in [-0.25, -0.2) is 0 Å². The van der Waals surface area contributed by atoms with E-state index >= 15 is 0 Å². The highest BCUT2D eigenvalue weighted by Gasteiger charge is 2.78. The van der Waals surface area contributed by atoms with Crippen molar-refractivity contribution in [1.82, 2.24) is 0 Å². The van der Waals surface area contributed by atoms with Gasteiger partial charge in [0.1, 0.15) is 12.2 Å². The van der Waals surface area contributed by atoms with Gasteiger partial charge in [-0.05, 0) is 111 Å². The van der Waals surface area contributed by atoms with E-state index in [0.717, 1.165) is 97.7 Å². The topological polar surface area (TPSA) is 52.6 Å². The van der Waals surface area contributed by atoms with E-state index in [0.29, 0.717) is 24.7 Å². The summed E-state index contributed by atoms with van der Waals surface area (Å²) in [5, 5.41) is 0. The van der Waals surface area contributed by atoms with Gasteiger partial charge < -0.3 is 9.47 Å². The van der Waals surface area contributed by atoms with E-state index < -0.39 is 0 Å². The Hall–Kier alpha value is -1.06. The van der Waals surface area contributed by atoms with Crippen LogP contribution in [-0.2, 0) is 19.1 Å². The van der Waals surface area contributed by atoms with E-state index in [-0.39, 0.29) is 24.1 Å². The molecule has 0 aromatic carbocycles. The zero-order valence-electron chi connectivity index (χ0n) is 19.2. The fourth-order valence-corrected chi connectivity index (χ4v) is 12.0. The molecular weight excluding hydrogens is 400 g/mol. The van der Waals surface area contributed by atoms with Gasteiger partial charge in [-0.15, -0.1) is 0 Å². The maximum Gasteiger partial charge on any atom is 0.306 e. The van der Waals surface area contributed by atoms with Crippen molar-refractivity contribution in [1.29, 1.82) is 0 Å². The smallest absolute Gasteiger partial charge is 0.306 e. The van der Waals surface area contributed by atoms with Crippen molar-refractivity contribution in [3.8, 4) is 0 Å². The molecule has 7 aliphatic carbocycles. The minimum absolute atomic E-state index is 0.0403. The van der Waals surface area contributed by atoms with E-state index in [1.807, 2.05) is 0 Å². The lowest BCUT2D eigenvalue weighted by Gasteiger charge is -2.61. The fraction of sp³-hybridized carbons (Fsp3) is 0.929. The summed E-state index contributed by atoms with van der Waals surface area (Å²) in [5.41, 5.74) is 0. The first kappa shape index (κ1) is 19.3. The summed E-state index contributed by atoms with van der Waals surface area (Å²) in [7, 11) is 0. The number of hydrogen-bond acceptors (Lipinski definition) is 4. The van der Waals surface area contributed by atoms with Gasteiger partial charge in [-0.2, -0.15) is 0 Å². The molecule has 32 heavy (non-hydrogen) atoms. The predicted molar refractivity (Wildman–Crippen MR) is 117 cm³/mol. The quantitative estimate of drug-likeness (QED) is 0.500. The van der Waals surface area contributed by atoms with Crippen LogP contribution in [0.1, 0.15) is 77.0 Å². The molecule has 1 heterocycles. The zero-order chi connectivity index (χ0) is 21.1. The standard InChI is InChI=1S/C28H38O4/c29-21-5-3-1-2-4-6-22(30)32-20-10-8-14-16-12-18(24(14)20)28-26(16)25-15-11-17(27(25)28)23-13(15)7-9-19(23)31-21/h13-20,23-28H,1-12H2/t13-,14-,15-,16-,17+,18+,19-,20-,23-,24-,25+,26+,27+,28+/m1/s1. The summed E-state index contributed by atoms with van der Waals surface area (Å²) in [6.07, 6.45) is 13.1. The summed E-state index contributed by atoms with van der Waals surface area (Å²) in [4.78, 5) is 25.2. The molecule has 8 aliphatic rings. The predicted octanol–water partition coefficient (Wildman–Crippen LogP) is 4.99. The minimum atomic E-state index is 0.0403. The van der Waals surface area contributed by atoms with Gasteiger partial charge in [-0.1, -0.05) is 12.8 Å². The van der Waals surface area contributed by atoms with Crippen LogP contribution in [0.5, 0.6) is 0 Å². The van der Waals surface area contributed by atoms with Crippen LogP contribution < -0.4 is 0 Å². The second-order valence-corrected chi connectivity index (χ2v) is 13.0. The highest BCUT2D eigenvalue weighted by molar-refractivity contribution is 5.70. The highest BCUT2D eigenvalue weighted by Crippen LogP contribution is 2.81. The van der Waals surface area contributed by atoms with Crippen molar-refractivity contribution in [2.24, 2.45) is 71.0 Å². The summed E-state index contributed by atoms with van der Waals surface area (Å²) in [6, 6.07) is 0. The number of carbonyl (C=O) groups excluding carboxylic acids is 2. The Kier molecular flexibility index (Phi) is 4.07. The fourth-order valence-electron chi connectivity index (χ4n) is 12.0. The first-order chi connectivity index (χ1) is 15.7. The van der Waals surface area contributed by atoms with Crippen molar-refractivity contribution in [2.45, 2.75) is 89.3 Å². The second kappa shape index (κ2) is 6.75. The number of hydrogen-bond donors (Lipinski definition) is 0. The maximum atomic E-state index is 12.6. The Labute approximate surface area is 191 Å². The van der Waals surface area contributed by atoms with Crippen LogP contribution in [-0.4, -0.2) is 24.1 Å². The number of ether oxygens (including phenoxy) is 2. The molecule has 0 radical (unpaired) electrons. The summed E-state index contributed by atoms with van der Waals surface area (Å²) >= 11 is 0. The average Bonchev–Trinajstić information content (AvgIpc) is 3.54. The Morgan fingerprint density at radius 2 is 0.906 bits per heavy atom. The molecule has 1 saturated heterocycles. The number of carbonyl (C=O) groups is 2. The molecule has 0 spiro atoms. The highest BCUT2D eigenvalue weighted by atomic mass is 16.5. The van der Waals surface area contributed by atoms with Crippen LogP contribution in [0.25, 0.3) is 0 Å². The van der Waals surface area contributed by atoms with Gasteiger partial charge in [0.15, 0.2) is 0 Å². The summed E-state index contributed by atoms with van der Waals surface area (Å²) in [6.45, 7) is 0. The van der Waals surface area contributed by atoms with E-state index in [1.54, 1.807) is 0 Å². The SMILES string of the molecule is O=C1CCCCCCC(=O)O[C@@H]2CC[C@@H]3[C@H]4C[C@H]([C@H]5[C@@H]4[C@@H]4[C@@H]6C[C@H]([C@@H]45)[C@H]4[C@@H]6CC[C@H]4O1)[C@@H]32. The van der Waals surface area contributed by atoms with E-state index in [4.69, 9.17) is 9.47 Å². The maximum absolute atomic E-state index is 12.6. The molecule has 1 aliphatic heterocycles. The molecule has 7 saturated carbocycles. The van der Waals surface area contributed by atoms with Crippen LogP contribution in [0.15, 0.2) is 0 Å². The number of fused-ring (bicyclic) bond motifs is 7. The molecule has 4 nitrogen and oxygen atoms in total. The largest absolute Gasteiger partial charge is 0.462 e. The van der Waals surface area contributed by atoms with E-state index in [2.05, 4.69) is 0 Å². The second-order valence-electron chi connectivity index (χ2n) is 13.0. The summed E-state index contributed by atoms with van der Waals surface area (Å²) in [5.74, 6) is 10.4. The lowest BCUT2D eigenvalue weighted by Crippen LogP contribution is -2.59. The minimum Gasteiger partial charge on any atom is -0.462 e. The Morgan fingerprint density at radius 3 is 1.38 bits per heavy atom. The van der Waals surface area contributed by atoms with Crippen molar-refractivity contribution in [3.63, 3.8) is 0 Å². The zero-order valence-corrected chi connectivity index (χ0v) is 19.2. The first-order valence-electron chi connectivity index (χ1n) is 14.1. The Bertz CT molecular complexity index is 769. The molecule has 4 bridgehead atoms. The van der Waals surface area contributed by atoms with Gasteiger partial charge in [0.05, 0.1) is 0 Å². The van der Waals surface area contributed by atoms with Crippen molar-refractivity contribution >= 4 is 11.9 Å². The van der Waals surface area contributed by atoms with E-state index in [9.17, 15) is 9.59 Å². The van der Waals surface area contributed by atoms with Gasteiger partial charge in [-0.3, -0.25) is 9.59 Å². The van der Waals surface area contributed by atoms with Gasteiger partial charge in [0.25, 0.3) is 0 Å². The van der Waals surface area contributed by atoms with Crippen LogP contribution in [0.3, 0.4) is 0 Å². The summed E-state index contributed by atoms with van der Waals surface area (Å²) < 4.78 is 12.3. The van der Waals surface area contributed by atoms with Crippen LogP contribution in [0.2, 0.25) is 0 Å². The molecule has 0 amide bonds. The van der Waals surface area contributed by atoms with Crippen LogP contribution in [0, 0.1) is 71.0 Å². The lowest BCUT2D eigenvalue weighted by atomic mass is 9.43. The lowest BCUT2D eigenvalue weighted by molar-refractivity contribution is -0.174. The third kappa shape index (κ3) is 2.36. The van der Waals surface area contributed by atoms with Crippen LogP contribution in [0.4, 0.5) is 0 Å². The third-order valence-electron chi connectivity index (χ3n) is 12.4. The van der Waals surface area contributed by atoms with Crippen LogP contribution >= 0.6 is 0 Å². The van der Waals surface area contributed by atoms with Crippen molar-refractivity contribution in [3.05, 3.63) is 0 Å². The molecule has 0 N–H and O–H groups in total. The molecule has 4 heteroatoms. The molecule has 8 fully saturated rings.